The Balaban J connectivity index is 1.41. The fraction of sp³-hybridized carbons (Fsp3) is 0.167. The van der Waals surface area contributed by atoms with Crippen molar-refractivity contribution in [3.63, 3.8) is 0 Å². The fourth-order valence-electron chi connectivity index (χ4n) is 2.94. The Kier molecular flexibility index (Phi) is 7.00. The van der Waals surface area contributed by atoms with E-state index in [4.69, 9.17) is 0 Å². The number of nitrogens with one attached hydrogen (secondary N) is 2. The minimum Gasteiger partial charge on any atom is -0.373 e. The topological polar surface area (TPSA) is 61.4 Å². The Morgan fingerprint density at radius 3 is 2.00 bits per heavy atom. The number of carbonyl (C=O) groups excluding carboxylic acids is 2. The second-order valence-corrected chi connectivity index (χ2v) is 6.73. The highest BCUT2D eigenvalue weighted by atomic mass is 16.2. The highest BCUT2D eigenvalue weighted by Crippen LogP contribution is 2.19. The normalized spacial score (nSPS) is 10.2. The second-order valence-electron chi connectivity index (χ2n) is 6.73. The number of hydrogen-bond acceptors (Lipinski definition) is 3. The summed E-state index contributed by atoms with van der Waals surface area (Å²) in [6.07, 6.45) is 0. The minimum atomic E-state index is -0.263. The van der Waals surface area contributed by atoms with E-state index in [0.717, 1.165) is 16.8 Å². The van der Waals surface area contributed by atoms with E-state index in [9.17, 15) is 9.59 Å². The van der Waals surface area contributed by atoms with Crippen molar-refractivity contribution in [3.8, 4) is 11.1 Å². The summed E-state index contributed by atoms with van der Waals surface area (Å²) in [5.74, 6) is -0.470. The smallest absolute Gasteiger partial charge is 0.251 e. The van der Waals surface area contributed by atoms with E-state index in [1.807, 2.05) is 79.8 Å². The van der Waals surface area contributed by atoms with Crippen LogP contribution in [0.3, 0.4) is 0 Å². The van der Waals surface area contributed by atoms with Crippen molar-refractivity contribution in [2.45, 2.75) is 0 Å². The number of amides is 2. The second kappa shape index (κ2) is 10.1. The van der Waals surface area contributed by atoms with Crippen LogP contribution in [-0.4, -0.2) is 38.5 Å². The van der Waals surface area contributed by atoms with Crippen molar-refractivity contribution in [1.82, 2.24) is 10.6 Å². The van der Waals surface area contributed by atoms with Crippen molar-refractivity contribution < 1.29 is 9.59 Å². The summed E-state index contributed by atoms with van der Waals surface area (Å²) < 4.78 is 0. The van der Waals surface area contributed by atoms with Gasteiger partial charge in [0.05, 0.1) is 6.54 Å². The zero-order valence-electron chi connectivity index (χ0n) is 16.5. The zero-order chi connectivity index (χ0) is 20.5. The highest BCUT2D eigenvalue weighted by molar-refractivity contribution is 5.96. The van der Waals surface area contributed by atoms with Crippen LogP contribution in [-0.2, 0) is 4.79 Å². The van der Waals surface area contributed by atoms with Gasteiger partial charge >= 0.3 is 0 Å². The molecular formula is C24H25N3O2. The van der Waals surface area contributed by atoms with Crippen LogP contribution < -0.4 is 15.5 Å². The van der Waals surface area contributed by atoms with Crippen molar-refractivity contribution in [2.75, 3.05) is 31.6 Å². The SMILES string of the molecule is CN(CCNC(=O)CNC(=O)c1ccc(-c2ccccc2)cc1)c1ccccc1. The van der Waals surface area contributed by atoms with E-state index >= 15 is 0 Å². The van der Waals surface area contributed by atoms with Gasteiger partial charge in [0, 0.05) is 31.4 Å². The molecule has 0 atom stereocenters. The maximum atomic E-state index is 12.3. The van der Waals surface area contributed by atoms with Crippen LogP contribution in [0.1, 0.15) is 10.4 Å². The van der Waals surface area contributed by atoms with Crippen molar-refractivity contribution in [1.29, 1.82) is 0 Å². The molecule has 5 heteroatoms. The maximum Gasteiger partial charge on any atom is 0.251 e. The number of hydrogen-bond donors (Lipinski definition) is 2. The molecule has 0 heterocycles. The van der Waals surface area contributed by atoms with Crippen molar-refractivity contribution >= 4 is 17.5 Å². The van der Waals surface area contributed by atoms with Gasteiger partial charge in [0.15, 0.2) is 0 Å². The lowest BCUT2D eigenvalue weighted by Gasteiger charge is -2.19. The molecule has 29 heavy (non-hydrogen) atoms. The Morgan fingerprint density at radius 2 is 1.34 bits per heavy atom. The third-order valence-corrected chi connectivity index (χ3v) is 4.63. The highest BCUT2D eigenvalue weighted by Gasteiger charge is 2.09. The van der Waals surface area contributed by atoms with Crippen LogP contribution in [0.25, 0.3) is 11.1 Å². The van der Waals surface area contributed by atoms with Gasteiger partial charge in [0.2, 0.25) is 5.91 Å². The Labute approximate surface area is 171 Å². The number of anilines is 1. The molecule has 2 amide bonds. The summed E-state index contributed by atoms with van der Waals surface area (Å²) in [7, 11) is 1.97. The first-order chi connectivity index (χ1) is 14.1. The minimum absolute atomic E-state index is 0.0473. The summed E-state index contributed by atoms with van der Waals surface area (Å²) in [6, 6.07) is 27.3. The summed E-state index contributed by atoms with van der Waals surface area (Å²) in [5.41, 5.74) is 3.76. The van der Waals surface area contributed by atoms with Gasteiger partial charge in [-0.2, -0.15) is 0 Å². The van der Waals surface area contributed by atoms with Gasteiger partial charge in [0.25, 0.3) is 5.91 Å². The molecule has 0 aliphatic heterocycles. The quantitative estimate of drug-likeness (QED) is 0.623. The molecule has 3 aromatic carbocycles. The Hall–Kier alpha value is -3.60. The number of likely N-dealkylation sites (N-methyl/N-ethyl adjacent to an activating group) is 1. The summed E-state index contributed by atoms with van der Waals surface area (Å²) in [5, 5.41) is 5.49. The molecule has 5 nitrogen and oxygen atoms in total. The van der Waals surface area contributed by atoms with Gasteiger partial charge in [-0.15, -0.1) is 0 Å². The molecular weight excluding hydrogens is 362 g/mol. The first-order valence-corrected chi connectivity index (χ1v) is 9.60. The molecule has 148 valence electrons. The fourth-order valence-corrected chi connectivity index (χ4v) is 2.94. The standard InChI is InChI=1S/C24H25N3O2/c1-27(22-10-6-3-7-11-22)17-16-25-23(28)18-26-24(29)21-14-12-20(13-15-21)19-8-4-2-5-9-19/h2-15H,16-18H2,1H3,(H,25,28)(H,26,29). The van der Waals surface area contributed by atoms with Gasteiger partial charge in [0.1, 0.15) is 0 Å². The summed E-state index contributed by atoms with van der Waals surface area (Å²) in [6.45, 7) is 1.14. The molecule has 0 aliphatic carbocycles. The molecule has 3 aromatic rings. The molecule has 0 aromatic heterocycles. The number of benzene rings is 3. The van der Waals surface area contributed by atoms with Crippen LogP contribution in [0.4, 0.5) is 5.69 Å². The molecule has 0 fully saturated rings. The van der Waals surface area contributed by atoms with Crippen LogP contribution in [0, 0.1) is 0 Å². The average Bonchev–Trinajstić information content (AvgIpc) is 2.78. The van der Waals surface area contributed by atoms with Gasteiger partial charge in [-0.05, 0) is 35.4 Å². The number of rotatable bonds is 8. The molecule has 0 spiro atoms. The van der Waals surface area contributed by atoms with Crippen molar-refractivity contribution in [3.05, 3.63) is 90.5 Å². The Morgan fingerprint density at radius 1 is 0.759 bits per heavy atom. The summed E-state index contributed by atoms with van der Waals surface area (Å²) >= 11 is 0. The average molecular weight is 387 g/mol. The lowest BCUT2D eigenvalue weighted by molar-refractivity contribution is -0.120. The predicted octanol–water partition coefficient (Wildman–Crippen LogP) is 3.34. The molecule has 0 bridgehead atoms. The van der Waals surface area contributed by atoms with Crippen LogP contribution in [0.15, 0.2) is 84.9 Å². The van der Waals surface area contributed by atoms with Crippen LogP contribution in [0.2, 0.25) is 0 Å². The molecule has 0 unspecified atom stereocenters. The first-order valence-electron chi connectivity index (χ1n) is 9.60. The van der Waals surface area contributed by atoms with E-state index in [1.54, 1.807) is 12.1 Å². The molecule has 0 saturated heterocycles. The number of nitrogens with zero attached hydrogens (tertiary/aromatic N) is 1. The van der Waals surface area contributed by atoms with E-state index in [-0.39, 0.29) is 18.4 Å². The van der Waals surface area contributed by atoms with E-state index in [0.29, 0.717) is 18.7 Å². The molecule has 3 rings (SSSR count). The van der Waals surface area contributed by atoms with Gasteiger partial charge in [-0.25, -0.2) is 0 Å². The molecule has 0 saturated carbocycles. The molecule has 2 N–H and O–H groups in total. The zero-order valence-corrected chi connectivity index (χ0v) is 16.5. The monoisotopic (exact) mass is 387 g/mol. The van der Waals surface area contributed by atoms with E-state index in [2.05, 4.69) is 15.5 Å². The maximum absolute atomic E-state index is 12.3. The third-order valence-electron chi connectivity index (χ3n) is 4.63. The number of carbonyl (C=O) groups is 2. The van der Waals surface area contributed by atoms with E-state index in [1.165, 1.54) is 0 Å². The lowest BCUT2D eigenvalue weighted by atomic mass is 10.0. The largest absolute Gasteiger partial charge is 0.373 e. The first kappa shape index (κ1) is 20.1. The van der Waals surface area contributed by atoms with Gasteiger partial charge < -0.3 is 15.5 Å². The Bertz CT molecular complexity index is 925. The third kappa shape index (κ3) is 5.94. The van der Waals surface area contributed by atoms with Gasteiger partial charge in [-0.1, -0.05) is 60.7 Å². The predicted molar refractivity (Wildman–Crippen MR) is 117 cm³/mol. The van der Waals surface area contributed by atoms with Crippen LogP contribution in [0.5, 0.6) is 0 Å². The van der Waals surface area contributed by atoms with E-state index < -0.39 is 0 Å². The molecule has 0 radical (unpaired) electrons. The number of para-hydroxylation sites is 1. The van der Waals surface area contributed by atoms with Crippen molar-refractivity contribution in [2.24, 2.45) is 0 Å². The molecule has 0 aliphatic rings. The lowest BCUT2D eigenvalue weighted by Crippen LogP contribution is -2.39. The summed E-state index contributed by atoms with van der Waals surface area (Å²) in [4.78, 5) is 26.3. The van der Waals surface area contributed by atoms with Crippen LogP contribution >= 0.6 is 0 Å². The van der Waals surface area contributed by atoms with Gasteiger partial charge in [-0.3, -0.25) is 9.59 Å².